The molecule has 0 aliphatic carbocycles. The van der Waals surface area contributed by atoms with Crippen LogP contribution in [0.1, 0.15) is 29.0 Å². The van der Waals surface area contributed by atoms with Crippen LogP contribution in [-0.2, 0) is 4.79 Å². The number of fused-ring (bicyclic) bond motifs is 1. The molecule has 18 heavy (non-hydrogen) atoms. The normalized spacial score (nSPS) is 18.1. The highest BCUT2D eigenvalue weighted by Gasteiger charge is 2.28. The lowest BCUT2D eigenvalue weighted by Crippen LogP contribution is -2.21. The maximum Gasteiger partial charge on any atom is 0.312 e. The number of rotatable bonds is 1. The smallest absolute Gasteiger partial charge is 0.312 e. The van der Waals surface area contributed by atoms with Crippen LogP contribution in [0.25, 0.3) is 0 Å². The number of benzene rings is 2. The lowest BCUT2D eigenvalue weighted by molar-refractivity contribution is -0.135. The fraction of sp³-hybridized carbons (Fsp3) is 0.188. The topological polar surface area (TPSA) is 26.3 Å². The SMILES string of the molecule is Cc1ccc2c(c1)[C@@H](c1ccccc1)CC(=O)O2. The van der Waals surface area contributed by atoms with Crippen LogP contribution < -0.4 is 4.74 Å². The minimum Gasteiger partial charge on any atom is -0.426 e. The number of carbonyl (C=O) groups is 1. The molecule has 0 bridgehead atoms. The second-order valence-corrected chi connectivity index (χ2v) is 4.68. The minimum atomic E-state index is -0.153. The average Bonchev–Trinajstić information content (AvgIpc) is 2.39. The minimum absolute atomic E-state index is 0.113. The molecular weight excluding hydrogens is 224 g/mol. The van der Waals surface area contributed by atoms with Gasteiger partial charge in [-0.1, -0.05) is 48.0 Å². The summed E-state index contributed by atoms with van der Waals surface area (Å²) in [6.45, 7) is 2.05. The summed E-state index contributed by atoms with van der Waals surface area (Å²) in [5, 5.41) is 0. The zero-order valence-electron chi connectivity index (χ0n) is 10.2. The zero-order valence-corrected chi connectivity index (χ0v) is 10.2. The lowest BCUT2D eigenvalue weighted by atomic mass is 9.86. The molecule has 0 amide bonds. The van der Waals surface area contributed by atoms with Crippen LogP contribution in [0.3, 0.4) is 0 Å². The van der Waals surface area contributed by atoms with Crippen molar-refractivity contribution >= 4 is 5.97 Å². The van der Waals surface area contributed by atoms with Crippen LogP contribution in [0.2, 0.25) is 0 Å². The van der Waals surface area contributed by atoms with E-state index >= 15 is 0 Å². The Labute approximate surface area is 106 Å². The van der Waals surface area contributed by atoms with Crippen molar-refractivity contribution in [2.24, 2.45) is 0 Å². The van der Waals surface area contributed by atoms with Crippen molar-refractivity contribution in [2.45, 2.75) is 19.3 Å². The molecule has 0 saturated heterocycles. The van der Waals surface area contributed by atoms with Crippen molar-refractivity contribution in [3.8, 4) is 5.75 Å². The first kappa shape index (κ1) is 11.0. The Kier molecular flexibility index (Phi) is 2.63. The third kappa shape index (κ3) is 1.90. The largest absolute Gasteiger partial charge is 0.426 e. The van der Waals surface area contributed by atoms with Crippen LogP contribution in [0.15, 0.2) is 48.5 Å². The molecule has 1 heterocycles. The first-order valence-electron chi connectivity index (χ1n) is 6.10. The van der Waals surface area contributed by atoms with E-state index in [4.69, 9.17) is 4.74 Å². The van der Waals surface area contributed by atoms with Crippen LogP contribution in [0.5, 0.6) is 5.75 Å². The van der Waals surface area contributed by atoms with E-state index in [9.17, 15) is 4.79 Å². The number of ether oxygens (including phenoxy) is 1. The molecule has 90 valence electrons. The van der Waals surface area contributed by atoms with Gasteiger partial charge in [-0.2, -0.15) is 0 Å². The molecule has 0 radical (unpaired) electrons. The summed E-state index contributed by atoms with van der Waals surface area (Å²) >= 11 is 0. The molecule has 1 atom stereocenters. The first-order valence-corrected chi connectivity index (χ1v) is 6.10. The van der Waals surface area contributed by atoms with Crippen molar-refractivity contribution in [3.05, 3.63) is 65.2 Å². The fourth-order valence-electron chi connectivity index (χ4n) is 2.46. The summed E-state index contributed by atoms with van der Waals surface area (Å²) in [6, 6.07) is 16.1. The Bertz CT molecular complexity index is 587. The highest BCUT2D eigenvalue weighted by molar-refractivity contribution is 5.77. The van der Waals surface area contributed by atoms with E-state index in [1.165, 1.54) is 11.1 Å². The third-order valence-corrected chi connectivity index (χ3v) is 3.34. The van der Waals surface area contributed by atoms with E-state index in [2.05, 4.69) is 25.1 Å². The highest BCUT2D eigenvalue weighted by Crippen LogP contribution is 2.38. The zero-order chi connectivity index (χ0) is 12.5. The summed E-state index contributed by atoms with van der Waals surface area (Å²) in [4.78, 5) is 11.7. The van der Waals surface area contributed by atoms with Crippen molar-refractivity contribution < 1.29 is 9.53 Å². The van der Waals surface area contributed by atoms with Gasteiger partial charge in [-0.15, -0.1) is 0 Å². The molecule has 0 aromatic heterocycles. The second-order valence-electron chi connectivity index (χ2n) is 4.68. The molecule has 0 spiro atoms. The molecule has 0 N–H and O–H groups in total. The fourth-order valence-corrected chi connectivity index (χ4v) is 2.46. The van der Waals surface area contributed by atoms with Gasteiger partial charge in [0.1, 0.15) is 5.75 Å². The molecule has 2 aromatic carbocycles. The van der Waals surface area contributed by atoms with E-state index in [1.54, 1.807) is 0 Å². The molecule has 1 aliphatic rings. The molecule has 0 fully saturated rings. The van der Waals surface area contributed by atoms with Crippen molar-refractivity contribution in [1.29, 1.82) is 0 Å². The van der Waals surface area contributed by atoms with Gasteiger partial charge in [0.2, 0.25) is 0 Å². The third-order valence-electron chi connectivity index (χ3n) is 3.34. The van der Waals surface area contributed by atoms with Gasteiger partial charge in [0, 0.05) is 11.5 Å². The van der Waals surface area contributed by atoms with Gasteiger partial charge in [0.25, 0.3) is 0 Å². The number of hydrogen-bond donors (Lipinski definition) is 0. The predicted molar refractivity (Wildman–Crippen MR) is 69.7 cm³/mol. The van der Waals surface area contributed by atoms with Gasteiger partial charge < -0.3 is 4.74 Å². The highest BCUT2D eigenvalue weighted by atomic mass is 16.5. The standard InChI is InChI=1S/C16H14O2/c1-11-7-8-15-14(9-11)13(10-16(17)18-15)12-5-3-2-4-6-12/h2-9,13H,10H2,1H3/t13-/m1/s1. The van der Waals surface area contributed by atoms with E-state index < -0.39 is 0 Å². The number of carbonyl (C=O) groups excluding carboxylic acids is 1. The average molecular weight is 238 g/mol. The second kappa shape index (κ2) is 4.30. The maximum absolute atomic E-state index is 11.7. The van der Waals surface area contributed by atoms with Gasteiger partial charge in [-0.25, -0.2) is 0 Å². The Hall–Kier alpha value is -2.09. The Morgan fingerprint density at radius 3 is 2.67 bits per heavy atom. The van der Waals surface area contributed by atoms with Crippen molar-refractivity contribution in [2.75, 3.05) is 0 Å². The summed E-state index contributed by atoms with van der Waals surface area (Å²) in [7, 11) is 0. The molecule has 3 rings (SSSR count). The van der Waals surface area contributed by atoms with E-state index in [-0.39, 0.29) is 11.9 Å². The van der Waals surface area contributed by atoms with Gasteiger partial charge in [0.05, 0.1) is 6.42 Å². The molecule has 1 aliphatic heterocycles. The summed E-state index contributed by atoms with van der Waals surface area (Å²) < 4.78 is 5.30. The Morgan fingerprint density at radius 1 is 1.11 bits per heavy atom. The summed E-state index contributed by atoms with van der Waals surface area (Å²) in [6.07, 6.45) is 0.417. The van der Waals surface area contributed by atoms with Gasteiger partial charge in [-0.3, -0.25) is 4.79 Å². The molecular formula is C16H14O2. The maximum atomic E-state index is 11.7. The van der Waals surface area contributed by atoms with Crippen molar-refractivity contribution in [3.63, 3.8) is 0 Å². The van der Waals surface area contributed by atoms with Gasteiger partial charge >= 0.3 is 5.97 Å². The number of esters is 1. The van der Waals surface area contributed by atoms with Crippen LogP contribution >= 0.6 is 0 Å². The quantitative estimate of drug-likeness (QED) is 0.562. The Balaban J connectivity index is 2.12. The molecule has 2 nitrogen and oxygen atoms in total. The van der Waals surface area contributed by atoms with Crippen LogP contribution in [0, 0.1) is 6.92 Å². The van der Waals surface area contributed by atoms with E-state index in [1.807, 2.05) is 30.3 Å². The number of hydrogen-bond acceptors (Lipinski definition) is 2. The first-order chi connectivity index (χ1) is 8.74. The summed E-state index contributed by atoms with van der Waals surface area (Å²) in [5.74, 6) is 0.660. The molecule has 0 saturated carbocycles. The monoisotopic (exact) mass is 238 g/mol. The van der Waals surface area contributed by atoms with Crippen LogP contribution in [-0.4, -0.2) is 5.97 Å². The van der Waals surface area contributed by atoms with Crippen LogP contribution in [0.4, 0.5) is 0 Å². The molecule has 2 aromatic rings. The molecule has 2 heteroatoms. The predicted octanol–water partition coefficient (Wildman–Crippen LogP) is 3.44. The van der Waals surface area contributed by atoms with E-state index in [0.717, 1.165) is 5.56 Å². The summed E-state index contributed by atoms with van der Waals surface area (Å²) in [5.41, 5.74) is 3.47. The lowest BCUT2D eigenvalue weighted by Gasteiger charge is -2.25. The van der Waals surface area contributed by atoms with Gasteiger partial charge in [-0.05, 0) is 18.6 Å². The van der Waals surface area contributed by atoms with Crippen molar-refractivity contribution in [1.82, 2.24) is 0 Å². The van der Waals surface area contributed by atoms with Gasteiger partial charge in [0.15, 0.2) is 0 Å². The number of aryl methyl sites for hydroxylation is 1. The molecule has 0 unspecified atom stereocenters. The Morgan fingerprint density at radius 2 is 1.89 bits per heavy atom. The van der Waals surface area contributed by atoms with E-state index in [0.29, 0.717) is 12.2 Å².